The van der Waals surface area contributed by atoms with Crippen LogP contribution in [-0.2, 0) is 9.53 Å². The molecular formula is C10H17ClF3N3O2. The Hall–Kier alpha value is -0.570. The maximum absolute atomic E-state index is 12.4. The number of halogens is 4. The summed E-state index contributed by atoms with van der Waals surface area (Å²) in [7, 11) is 0. The zero-order chi connectivity index (χ0) is 13.2. The van der Waals surface area contributed by atoms with Crippen LogP contribution in [0.1, 0.15) is 6.42 Å². The number of alkyl halides is 3. The third kappa shape index (κ3) is 4.20. The molecule has 0 aromatic carbocycles. The Labute approximate surface area is 115 Å². The Morgan fingerprint density at radius 1 is 1.26 bits per heavy atom. The van der Waals surface area contributed by atoms with Crippen LogP contribution in [0.2, 0.25) is 0 Å². The lowest BCUT2D eigenvalue weighted by Gasteiger charge is -2.23. The van der Waals surface area contributed by atoms with Crippen molar-refractivity contribution in [1.29, 1.82) is 0 Å². The largest absolute Gasteiger partial charge is 0.428 e. The van der Waals surface area contributed by atoms with Gasteiger partial charge in [0.05, 0.1) is 0 Å². The molecule has 112 valence electrons. The van der Waals surface area contributed by atoms with Crippen molar-refractivity contribution in [3.63, 3.8) is 0 Å². The third-order valence-corrected chi connectivity index (χ3v) is 3.01. The Balaban J connectivity index is 0.00000180. The van der Waals surface area contributed by atoms with Gasteiger partial charge < -0.3 is 15.0 Å². The van der Waals surface area contributed by atoms with E-state index in [9.17, 15) is 18.0 Å². The summed E-state index contributed by atoms with van der Waals surface area (Å²) in [6.07, 6.45) is -6.74. The van der Waals surface area contributed by atoms with Crippen LogP contribution in [0.5, 0.6) is 0 Å². The third-order valence-electron chi connectivity index (χ3n) is 3.01. The number of nitrogens with one attached hydrogen (secondary N) is 2. The minimum Gasteiger partial charge on any atom is -0.339 e. The van der Waals surface area contributed by atoms with Crippen molar-refractivity contribution in [2.45, 2.75) is 24.9 Å². The van der Waals surface area contributed by atoms with Gasteiger partial charge in [0.2, 0.25) is 6.23 Å². The van der Waals surface area contributed by atoms with E-state index in [1.54, 1.807) is 4.90 Å². The van der Waals surface area contributed by atoms with Crippen molar-refractivity contribution in [1.82, 2.24) is 15.5 Å². The first-order chi connectivity index (χ1) is 8.48. The average Bonchev–Trinajstić information content (AvgIpc) is 2.65. The van der Waals surface area contributed by atoms with E-state index in [1.807, 2.05) is 0 Å². The van der Waals surface area contributed by atoms with Crippen molar-refractivity contribution >= 4 is 18.3 Å². The summed E-state index contributed by atoms with van der Waals surface area (Å²) < 4.78 is 41.9. The summed E-state index contributed by atoms with van der Waals surface area (Å²) >= 11 is 0. The number of carbonyl (C=O) groups excluding carboxylic acids is 1. The molecule has 2 atom stereocenters. The monoisotopic (exact) mass is 303 g/mol. The molecule has 0 unspecified atom stereocenters. The van der Waals surface area contributed by atoms with Gasteiger partial charge in [-0.2, -0.15) is 13.2 Å². The highest BCUT2D eigenvalue weighted by molar-refractivity contribution is 5.85. The molecule has 2 heterocycles. The molecule has 9 heteroatoms. The van der Waals surface area contributed by atoms with Crippen molar-refractivity contribution in [3.05, 3.63) is 0 Å². The number of rotatable bonds is 1. The van der Waals surface area contributed by atoms with Crippen LogP contribution in [0, 0.1) is 0 Å². The van der Waals surface area contributed by atoms with Gasteiger partial charge in [0.25, 0.3) is 5.91 Å². The zero-order valence-corrected chi connectivity index (χ0v) is 11.0. The minimum atomic E-state index is -4.48. The SMILES string of the molecule is Cl.O=C([C@@H]1CN[C@@H](C(F)(F)F)O1)N1CCCNCC1. The molecular weight excluding hydrogens is 287 g/mol. The molecule has 0 radical (unpaired) electrons. The molecule has 2 rings (SSSR count). The van der Waals surface area contributed by atoms with Crippen LogP contribution >= 0.6 is 12.4 Å². The van der Waals surface area contributed by atoms with E-state index in [1.165, 1.54) is 0 Å². The Morgan fingerprint density at radius 3 is 2.63 bits per heavy atom. The van der Waals surface area contributed by atoms with Crippen molar-refractivity contribution in [2.24, 2.45) is 0 Å². The molecule has 0 aliphatic carbocycles. The van der Waals surface area contributed by atoms with Crippen molar-refractivity contribution in [2.75, 3.05) is 32.7 Å². The smallest absolute Gasteiger partial charge is 0.339 e. The standard InChI is InChI=1S/C10H16F3N3O2.ClH/c11-10(12,13)9-15-6-7(18-9)8(17)16-4-1-2-14-3-5-16;/h7,9,14-15H,1-6H2;1H/t7-,9+;/m0./s1. The molecule has 0 aromatic rings. The predicted octanol–water partition coefficient (Wildman–Crippen LogP) is 0.107. The van der Waals surface area contributed by atoms with Gasteiger partial charge in [0.1, 0.15) is 0 Å². The van der Waals surface area contributed by atoms with Gasteiger partial charge in [-0.25, -0.2) is 0 Å². The van der Waals surface area contributed by atoms with Gasteiger partial charge in [-0.05, 0) is 13.0 Å². The highest BCUT2D eigenvalue weighted by Crippen LogP contribution is 2.25. The number of carbonyl (C=O) groups is 1. The number of hydrogen-bond acceptors (Lipinski definition) is 4. The summed E-state index contributed by atoms with van der Waals surface area (Å²) in [5.74, 6) is -0.363. The number of hydrogen-bond donors (Lipinski definition) is 2. The van der Waals surface area contributed by atoms with Crippen LogP contribution in [-0.4, -0.2) is 62.0 Å². The summed E-state index contributed by atoms with van der Waals surface area (Å²) in [5, 5.41) is 5.30. The molecule has 2 saturated heterocycles. The molecule has 1 amide bonds. The normalized spacial score (nSPS) is 28.7. The fourth-order valence-corrected chi connectivity index (χ4v) is 2.08. The lowest BCUT2D eigenvalue weighted by Crippen LogP contribution is -2.42. The van der Waals surface area contributed by atoms with Gasteiger partial charge in [-0.1, -0.05) is 0 Å². The van der Waals surface area contributed by atoms with E-state index in [2.05, 4.69) is 10.6 Å². The van der Waals surface area contributed by atoms with Crippen LogP contribution < -0.4 is 10.6 Å². The molecule has 0 spiro atoms. The summed E-state index contributed by atoms with van der Waals surface area (Å²) in [4.78, 5) is 13.6. The molecule has 5 nitrogen and oxygen atoms in total. The van der Waals surface area contributed by atoms with E-state index in [-0.39, 0.29) is 24.9 Å². The maximum atomic E-state index is 12.4. The van der Waals surface area contributed by atoms with E-state index < -0.39 is 18.5 Å². The molecule has 2 fully saturated rings. The maximum Gasteiger partial charge on any atom is 0.428 e. The van der Waals surface area contributed by atoms with Crippen LogP contribution in [0.4, 0.5) is 13.2 Å². The second-order valence-corrected chi connectivity index (χ2v) is 4.38. The number of ether oxygens (including phenoxy) is 1. The van der Waals surface area contributed by atoms with E-state index in [0.717, 1.165) is 13.0 Å². The molecule has 0 bridgehead atoms. The Bertz CT molecular complexity index is 309. The number of amides is 1. The van der Waals surface area contributed by atoms with E-state index in [0.29, 0.717) is 19.6 Å². The highest BCUT2D eigenvalue weighted by Gasteiger charge is 2.47. The first-order valence-corrected chi connectivity index (χ1v) is 5.93. The summed E-state index contributed by atoms with van der Waals surface area (Å²) in [5.41, 5.74) is 0. The minimum absolute atomic E-state index is 0. The Morgan fingerprint density at radius 2 is 2.00 bits per heavy atom. The molecule has 2 aliphatic heterocycles. The van der Waals surface area contributed by atoms with Crippen LogP contribution in [0.3, 0.4) is 0 Å². The van der Waals surface area contributed by atoms with Gasteiger partial charge in [-0.3, -0.25) is 10.1 Å². The summed E-state index contributed by atoms with van der Waals surface area (Å²) in [6, 6.07) is 0. The van der Waals surface area contributed by atoms with Crippen LogP contribution in [0.15, 0.2) is 0 Å². The predicted molar refractivity (Wildman–Crippen MR) is 64.0 cm³/mol. The quantitative estimate of drug-likeness (QED) is 0.722. The number of nitrogens with zero attached hydrogens (tertiary/aromatic N) is 1. The van der Waals surface area contributed by atoms with Gasteiger partial charge in [0, 0.05) is 26.2 Å². The highest BCUT2D eigenvalue weighted by atomic mass is 35.5. The summed E-state index contributed by atoms with van der Waals surface area (Å²) in [6.45, 7) is 2.46. The van der Waals surface area contributed by atoms with Crippen LogP contribution in [0.25, 0.3) is 0 Å². The second-order valence-electron chi connectivity index (χ2n) is 4.38. The molecule has 0 aromatic heterocycles. The molecule has 0 saturated carbocycles. The first-order valence-electron chi connectivity index (χ1n) is 5.93. The molecule has 2 aliphatic rings. The fraction of sp³-hybridized carbons (Fsp3) is 0.900. The lowest BCUT2D eigenvalue weighted by atomic mass is 10.3. The van der Waals surface area contributed by atoms with Gasteiger partial charge >= 0.3 is 6.18 Å². The molecule has 19 heavy (non-hydrogen) atoms. The van der Waals surface area contributed by atoms with E-state index >= 15 is 0 Å². The van der Waals surface area contributed by atoms with E-state index in [4.69, 9.17) is 4.74 Å². The second kappa shape index (κ2) is 6.74. The van der Waals surface area contributed by atoms with Crippen molar-refractivity contribution < 1.29 is 22.7 Å². The Kier molecular flexibility index (Phi) is 5.84. The van der Waals surface area contributed by atoms with Gasteiger partial charge in [-0.15, -0.1) is 12.4 Å². The fourth-order valence-electron chi connectivity index (χ4n) is 2.08. The molecule has 2 N–H and O–H groups in total. The zero-order valence-electron chi connectivity index (χ0n) is 10.2. The van der Waals surface area contributed by atoms with Crippen molar-refractivity contribution in [3.8, 4) is 0 Å². The average molecular weight is 304 g/mol. The first kappa shape index (κ1) is 16.5. The van der Waals surface area contributed by atoms with Gasteiger partial charge in [0.15, 0.2) is 6.10 Å². The topological polar surface area (TPSA) is 53.6 Å². The lowest BCUT2D eigenvalue weighted by molar-refractivity contribution is -0.221.